The van der Waals surface area contributed by atoms with E-state index in [1.807, 2.05) is 29.6 Å². The molecule has 1 atom stereocenters. The Hall–Kier alpha value is -2.97. The highest BCUT2D eigenvalue weighted by atomic mass is 32.1. The van der Waals surface area contributed by atoms with Crippen molar-refractivity contribution in [3.63, 3.8) is 0 Å². The molecular weight excluding hydrogens is 432 g/mol. The van der Waals surface area contributed by atoms with Crippen LogP contribution >= 0.6 is 11.3 Å². The molecule has 0 aliphatic carbocycles. The Morgan fingerprint density at radius 3 is 2.59 bits per heavy atom. The number of para-hydroxylation sites is 2. The smallest absolute Gasteiger partial charge is 0.320 e. The minimum Gasteiger partial charge on any atom is -0.493 e. The summed E-state index contributed by atoms with van der Waals surface area (Å²) in [6, 6.07) is 15.1. The van der Waals surface area contributed by atoms with Gasteiger partial charge in [0.15, 0.2) is 11.5 Å². The topological polar surface area (TPSA) is 39.5 Å². The summed E-state index contributed by atoms with van der Waals surface area (Å²) in [5.41, 5.74) is 3.32. The summed E-state index contributed by atoms with van der Waals surface area (Å²) in [6.45, 7) is -1.62. The van der Waals surface area contributed by atoms with E-state index >= 15 is 0 Å². The van der Waals surface area contributed by atoms with Crippen molar-refractivity contribution in [2.24, 2.45) is 0 Å². The van der Waals surface area contributed by atoms with Crippen LogP contribution < -0.4 is 9.47 Å². The number of imidazole rings is 1. The number of methoxy groups -OCH3 is 2. The van der Waals surface area contributed by atoms with Crippen LogP contribution in [0.1, 0.15) is 34.4 Å². The lowest BCUT2D eigenvalue weighted by Gasteiger charge is -2.37. The van der Waals surface area contributed by atoms with E-state index in [0.29, 0.717) is 34.9 Å². The number of benzene rings is 2. The van der Waals surface area contributed by atoms with E-state index in [-0.39, 0.29) is 6.04 Å². The predicted molar refractivity (Wildman–Crippen MR) is 121 cm³/mol. The number of hydrogen-bond acceptors (Lipinski definition) is 5. The average Bonchev–Trinajstić information content (AvgIpc) is 3.45. The lowest BCUT2D eigenvalue weighted by molar-refractivity contribution is 0.0669. The van der Waals surface area contributed by atoms with Gasteiger partial charge in [-0.25, -0.2) is 4.98 Å². The van der Waals surface area contributed by atoms with Gasteiger partial charge in [0, 0.05) is 11.4 Å². The Balaban J connectivity index is 1.60. The van der Waals surface area contributed by atoms with Gasteiger partial charge in [0.2, 0.25) is 0 Å². The Morgan fingerprint density at radius 1 is 1.09 bits per heavy atom. The van der Waals surface area contributed by atoms with Gasteiger partial charge < -0.3 is 9.47 Å². The van der Waals surface area contributed by atoms with E-state index < -0.39 is 6.55 Å². The van der Waals surface area contributed by atoms with Gasteiger partial charge in [-0.2, -0.15) is 8.78 Å². The van der Waals surface area contributed by atoms with Crippen molar-refractivity contribution < 1.29 is 18.3 Å². The molecule has 4 aromatic rings. The normalized spacial score (nSPS) is 16.5. The lowest BCUT2D eigenvalue weighted by Crippen LogP contribution is -2.36. The van der Waals surface area contributed by atoms with Crippen molar-refractivity contribution in [2.45, 2.75) is 25.6 Å². The molecule has 0 bridgehead atoms. The first-order chi connectivity index (χ1) is 15.6. The van der Waals surface area contributed by atoms with E-state index in [1.54, 1.807) is 43.8 Å². The molecule has 2 aromatic heterocycles. The van der Waals surface area contributed by atoms with E-state index in [1.165, 1.54) is 5.56 Å². The molecule has 1 aliphatic rings. The molecule has 0 saturated carbocycles. The standard InChI is InChI=1S/C24H23F2N3O2S/c1-30-19-12-15-9-10-28(23(21-8-5-11-32-21)16(15)13-20(19)31-2)14-22-27-17-6-3-4-7-18(17)29(22)24(25)26/h3-8,11-13,23-24H,9-10,14H2,1-2H3. The molecule has 32 heavy (non-hydrogen) atoms. The molecule has 1 aliphatic heterocycles. The second-order valence-electron chi connectivity index (χ2n) is 7.71. The fourth-order valence-electron chi connectivity index (χ4n) is 4.55. The third-order valence-corrected chi connectivity index (χ3v) is 6.92. The van der Waals surface area contributed by atoms with Crippen molar-refractivity contribution in [2.75, 3.05) is 20.8 Å². The van der Waals surface area contributed by atoms with Crippen LogP contribution in [0, 0.1) is 0 Å². The molecule has 8 heteroatoms. The number of nitrogens with zero attached hydrogens (tertiary/aromatic N) is 3. The number of alkyl halides is 2. The first-order valence-corrected chi connectivity index (χ1v) is 11.2. The third kappa shape index (κ3) is 3.53. The summed E-state index contributed by atoms with van der Waals surface area (Å²) in [5, 5.41) is 2.04. The molecule has 166 valence electrons. The Kier molecular flexibility index (Phi) is 5.57. The zero-order valence-corrected chi connectivity index (χ0v) is 18.6. The summed E-state index contributed by atoms with van der Waals surface area (Å²) < 4.78 is 40.1. The third-order valence-electron chi connectivity index (χ3n) is 5.99. The summed E-state index contributed by atoms with van der Waals surface area (Å²) >= 11 is 1.66. The first kappa shape index (κ1) is 20.9. The molecular formula is C24H23F2N3O2S. The van der Waals surface area contributed by atoms with Gasteiger partial charge in [-0.15, -0.1) is 11.3 Å². The maximum absolute atomic E-state index is 14.0. The predicted octanol–water partition coefficient (Wildman–Crippen LogP) is 5.66. The zero-order valence-electron chi connectivity index (χ0n) is 17.8. The summed E-state index contributed by atoms with van der Waals surface area (Å²) in [5.74, 6) is 1.73. The molecule has 3 heterocycles. The highest BCUT2D eigenvalue weighted by Crippen LogP contribution is 2.43. The molecule has 1 unspecified atom stereocenters. The fourth-order valence-corrected chi connectivity index (χ4v) is 5.43. The molecule has 0 fully saturated rings. The summed E-state index contributed by atoms with van der Waals surface area (Å²) in [6.07, 6.45) is 0.784. The van der Waals surface area contributed by atoms with E-state index in [0.717, 1.165) is 28.0 Å². The van der Waals surface area contributed by atoms with Gasteiger partial charge in [0.05, 0.1) is 37.8 Å². The molecule has 5 nitrogen and oxygen atoms in total. The number of halogens is 2. The zero-order chi connectivity index (χ0) is 22.2. The number of rotatable bonds is 6. The first-order valence-electron chi connectivity index (χ1n) is 10.4. The van der Waals surface area contributed by atoms with Crippen LogP contribution in [0.15, 0.2) is 53.9 Å². The van der Waals surface area contributed by atoms with Crippen LogP contribution in [0.5, 0.6) is 11.5 Å². The number of ether oxygens (including phenoxy) is 2. The molecule has 0 radical (unpaired) electrons. The Morgan fingerprint density at radius 2 is 1.88 bits per heavy atom. The molecule has 0 saturated heterocycles. The van der Waals surface area contributed by atoms with E-state index in [9.17, 15) is 8.78 Å². The average molecular weight is 456 g/mol. The van der Waals surface area contributed by atoms with E-state index in [4.69, 9.17) is 9.47 Å². The maximum Gasteiger partial charge on any atom is 0.320 e. The fraction of sp³-hybridized carbons (Fsp3) is 0.292. The van der Waals surface area contributed by atoms with Crippen molar-refractivity contribution in [1.29, 1.82) is 0 Å². The van der Waals surface area contributed by atoms with Gasteiger partial charge in [-0.3, -0.25) is 9.47 Å². The Bertz CT molecular complexity index is 1240. The van der Waals surface area contributed by atoms with Crippen molar-refractivity contribution in [3.05, 3.63) is 75.7 Å². The highest BCUT2D eigenvalue weighted by molar-refractivity contribution is 7.10. The summed E-state index contributed by atoms with van der Waals surface area (Å²) in [4.78, 5) is 7.93. The van der Waals surface area contributed by atoms with Gasteiger partial charge in [-0.1, -0.05) is 18.2 Å². The van der Waals surface area contributed by atoms with Gasteiger partial charge in [0.25, 0.3) is 0 Å². The SMILES string of the molecule is COc1cc2c(cc1OC)C(c1cccs1)N(Cc1nc3ccccc3n1C(F)F)CC2. The molecule has 0 spiro atoms. The molecule has 0 N–H and O–H groups in total. The molecule has 5 rings (SSSR count). The van der Waals surface area contributed by atoms with Crippen LogP contribution in [0.3, 0.4) is 0 Å². The second-order valence-corrected chi connectivity index (χ2v) is 8.69. The number of hydrogen-bond donors (Lipinski definition) is 0. The minimum absolute atomic E-state index is 0.0792. The summed E-state index contributed by atoms with van der Waals surface area (Å²) in [7, 11) is 3.25. The van der Waals surface area contributed by atoms with Gasteiger partial charge in [0.1, 0.15) is 5.82 Å². The van der Waals surface area contributed by atoms with Crippen molar-refractivity contribution in [3.8, 4) is 11.5 Å². The van der Waals surface area contributed by atoms with Crippen LogP contribution in [0.25, 0.3) is 11.0 Å². The second kappa shape index (κ2) is 8.52. The highest BCUT2D eigenvalue weighted by Gasteiger charge is 2.32. The largest absolute Gasteiger partial charge is 0.493 e. The molecule has 2 aromatic carbocycles. The van der Waals surface area contributed by atoms with E-state index in [2.05, 4.69) is 16.0 Å². The quantitative estimate of drug-likeness (QED) is 0.376. The van der Waals surface area contributed by atoms with Crippen molar-refractivity contribution >= 4 is 22.4 Å². The van der Waals surface area contributed by atoms with Crippen LogP contribution in [-0.4, -0.2) is 35.2 Å². The Labute approximate surface area is 188 Å². The van der Waals surface area contributed by atoms with Crippen molar-refractivity contribution in [1.82, 2.24) is 14.5 Å². The van der Waals surface area contributed by atoms with Crippen LogP contribution in [-0.2, 0) is 13.0 Å². The van der Waals surface area contributed by atoms with Gasteiger partial charge in [-0.05, 0) is 53.3 Å². The lowest BCUT2D eigenvalue weighted by atomic mass is 9.91. The van der Waals surface area contributed by atoms with Crippen LogP contribution in [0.2, 0.25) is 0 Å². The minimum atomic E-state index is -2.65. The van der Waals surface area contributed by atoms with Crippen LogP contribution in [0.4, 0.5) is 8.78 Å². The molecule has 0 amide bonds. The monoisotopic (exact) mass is 455 g/mol. The maximum atomic E-state index is 14.0. The number of aromatic nitrogens is 2. The van der Waals surface area contributed by atoms with Gasteiger partial charge >= 0.3 is 6.55 Å². The number of fused-ring (bicyclic) bond motifs is 2. The number of thiophene rings is 1.